The van der Waals surface area contributed by atoms with Crippen molar-refractivity contribution in [3.63, 3.8) is 0 Å². The van der Waals surface area contributed by atoms with Gasteiger partial charge in [0.2, 0.25) is 0 Å². The number of piperazine rings is 1. The van der Waals surface area contributed by atoms with Gasteiger partial charge in [-0.1, -0.05) is 12.8 Å². The first-order chi connectivity index (χ1) is 9.77. The van der Waals surface area contributed by atoms with E-state index in [1.165, 1.54) is 0 Å². The van der Waals surface area contributed by atoms with Crippen LogP contribution in [0, 0.1) is 0 Å². The molecule has 2 saturated heterocycles. The lowest BCUT2D eigenvalue weighted by Gasteiger charge is -2.27. The van der Waals surface area contributed by atoms with Gasteiger partial charge in [-0.25, -0.2) is 0 Å². The van der Waals surface area contributed by atoms with Gasteiger partial charge in [0.05, 0.1) is 0 Å². The Morgan fingerprint density at radius 1 is 0.950 bits per heavy atom. The van der Waals surface area contributed by atoms with Gasteiger partial charge in [0.15, 0.2) is 0 Å². The molecular formula is C14H26N4O2. The molecule has 0 atom stereocenters. The fourth-order valence-electron chi connectivity index (χ4n) is 2.76. The highest BCUT2D eigenvalue weighted by Gasteiger charge is 2.22. The molecule has 6 nitrogen and oxygen atoms in total. The smallest absolute Gasteiger partial charge is 0.311 e. The van der Waals surface area contributed by atoms with Crippen LogP contribution in [-0.2, 0) is 9.59 Å². The maximum atomic E-state index is 12.0. The predicted molar refractivity (Wildman–Crippen MR) is 77.4 cm³/mol. The standard InChI is InChI=1S/C14H26N4O2/c19-13(14(20)18-8-3-1-2-4-9-18)16-7-12-17-10-5-15-6-11-17/h15H,1-12H2,(H,16,19). The number of rotatable bonds is 3. The molecule has 0 aliphatic carbocycles. The number of carbonyl (C=O) groups is 2. The van der Waals surface area contributed by atoms with Crippen LogP contribution in [0.5, 0.6) is 0 Å². The SMILES string of the molecule is O=C(NCCN1CCNCC1)C(=O)N1CCCCCC1. The van der Waals surface area contributed by atoms with Crippen molar-refractivity contribution in [3.8, 4) is 0 Å². The highest BCUT2D eigenvalue weighted by Crippen LogP contribution is 2.09. The number of likely N-dealkylation sites (tertiary alicyclic amines) is 1. The number of nitrogens with one attached hydrogen (secondary N) is 2. The summed E-state index contributed by atoms with van der Waals surface area (Å²) in [7, 11) is 0. The van der Waals surface area contributed by atoms with Crippen molar-refractivity contribution >= 4 is 11.8 Å². The molecule has 2 amide bonds. The molecule has 2 aliphatic rings. The topological polar surface area (TPSA) is 64.7 Å². The zero-order valence-electron chi connectivity index (χ0n) is 12.2. The van der Waals surface area contributed by atoms with E-state index in [2.05, 4.69) is 15.5 Å². The first-order valence-electron chi connectivity index (χ1n) is 7.77. The summed E-state index contributed by atoms with van der Waals surface area (Å²) in [5.74, 6) is -0.797. The van der Waals surface area contributed by atoms with E-state index in [1.807, 2.05) is 0 Å². The van der Waals surface area contributed by atoms with Gasteiger partial charge in [-0.3, -0.25) is 14.5 Å². The van der Waals surface area contributed by atoms with Crippen molar-refractivity contribution in [1.82, 2.24) is 20.4 Å². The predicted octanol–water partition coefficient (Wildman–Crippen LogP) is -0.590. The summed E-state index contributed by atoms with van der Waals surface area (Å²) in [6.45, 7) is 6.85. The van der Waals surface area contributed by atoms with Crippen LogP contribution in [0.4, 0.5) is 0 Å². The molecule has 2 rings (SSSR count). The summed E-state index contributed by atoms with van der Waals surface area (Å²) in [5.41, 5.74) is 0. The summed E-state index contributed by atoms with van der Waals surface area (Å²) in [6, 6.07) is 0. The quantitative estimate of drug-likeness (QED) is 0.679. The average Bonchev–Trinajstić information content (AvgIpc) is 2.76. The molecule has 0 radical (unpaired) electrons. The minimum absolute atomic E-state index is 0.354. The van der Waals surface area contributed by atoms with Gasteiger partial charge in [-0.2, -0.15) is 0 Å². The molecule has 0 spiro atoms. The molecule has 6 heteroatoms. The van der Waals surface area contributed by atoms with Gasteiger partial charge >= 0.3 is 11.8 Å². The van der Waals surface area contributed by atoms with Gasteiger partial charge < -0.3 is 15.5 Å². The van der Waals surface area contributed by atoms with Gasteiger partial charge in [0.25, 0.3) is 0 Å². The molecule has 0 aromatic heterocycles. The van der Waals surface area contributed by atoms with Gasteiger partial charge in [-0.05, 0) is 12.8 Å². The van der Waals surface area contributed by atoms with Crippen LogP contribution in [-0.4, -0.2) is 74.0 Å². The third-order valence-corrected chi connectivity index (χ3v) is 4.01. The Morgan fingerprint density at radius 3 is 2.25 bits per heavy atom. The summed E-state index contributed by atoms with van der Waals surface area (Å²) in [4.78, 5) is 27.9. The van der Waals surface area contributed by atoms with Gasteiger partial charge in [0.1, 0.15) is 0 Å². The van der Waals surface area contributed by atoms with E-state index in [9.17, 15) is 9.59 Å². The zero-order chi connectivity index (χ0) is 14.2. The van der Waals surface area contributed by atoms with E-state index < -0.39 is 5.91 Å². The summed E-state index contributed by atoms with van der Waals surface area (Å²) >= 11 is 0. The summed E-state index contributed by atoms with van der Waals surface area (Å²) in [5, 5.41) is 6.05. The molecule has 0 aromatic carbocycles. The van der Waals surface area contributed by atoms with Crippen LogP contribution in [0.25, 0.3) is 0 Å². The molecule has 2 aliphatic heterocycles. The Morgan fingerprint density at radius 2 is 1.60 bits per heavy atom. The Labute approximate surface area is 120 Å². The van der Waals surface area contributed by atoms with Crippen molar-refractivity contribution in [2.75, 3.05) is 52.4 Å². The van der Waals surface area contributed by atoms with E-state index in [0.29, 0.717) is 6.54 Å². The second kappa shape index (κ2) is 8.21. The second-order valence-corrected chi connectivity index (χ2v) is 5.55. The number of carbonyl (C=O) groups excluding carboxylic acids is 2. The maximum absolute atomic E-state index is 12.0. The van der Waals surface area contributed by atoms with Crippen molar-refractivity contribution < 1.29 is 9.59 Å². The molecule has 2 fully saturated rings. The minimum Gasteiger partial charge on any atom is -0.347 e. The molecular weight excluding hydrogens is 256 g/mol. The largest absolute Gasteiger partial charge is 0.347 e. The van der Waals surface area contributed by atoms with Crippen LogP contribution in [0.15, 0.2) is 0 Å². The van der Waals surface area contributed by atoms with Crippen molar-refractivity contribution in [3.05, 3.63) is 0 Å². The lowest BCUT2D eigenvalue weighted by Crippen LogP contribution is -2.48. The van der Waals surface area contributed by atoms with Crippen LogP contribution in [0.3, 0.4) is 0 Å². The Balaban J connectivity index is 1.66. The van der Waals surface area contributed by atoms with Crippen molar-refractivity contribution in [1.29, 1.82) is 0 Å². The van der Waals surface area contributed by atoms with Crippen LogP contribution >= 0.6 is 0 Å². The van der Waals surface area contributed by atoms with E-state index in [-0.39, 0.29) is 5.91 Å². The van der Waals surface area contributed by atoms with Crippen molar-refractivity contribution in [2.45, 2.75) is 25.7 Å². The van der Waals surface area contributed by atoms with E-state index in [1.54, 1.807) is 4.90 Å². The summed E-state index contributed by atoms with van der Waals surface area (Å²) < 4.78 is 0. The molecule has 0 unspecified atom stereocenters. The highest BCUT2D eigenvalue weighted by atomic mass is 16.2. The number of hydrogen-bond acceptors (Lipinski definition) is 4. The maximum Gasteiger partial charge on any atom is 0.311 e. The van der Waals surface area contributed by atoms with E-state index in [4.69, 9.17) is 0 Å². The first kappa shape index (κ1) is 15.3. The van der Waals surface area contributed by atoms with Gasteiger partial charge in [-0.15, -0.1) is 0 Å². The van der Waals surface area contributed by atoms with E-state index in [0.717, 1.165) is 71.5 Å². The molecule has 0 saturated carbocycles. The Bertz CT molecular complexity index is 321. The van der Waals surface area contributed by atoms with Gasteiger partial charge in [0, 0.05) is 52.4 Å². The Hall–Kier alpha value is -1.14. The molecule has 0 bridgehead atoms. The second-order valence-electron chi connectivity index (χ2n) is 5.55. The zero-order valence-corrected chi connectivity index (χ0v) is 12.2. The fourth-order valence-corrected chi connectivity index (χ4v) is 2.76. The van der Waals surface area contributed by atoms with Crippen LogP contribution in [0.1, 0.15) is 25.7 Å². The normalized spacial score (nSPS) is 21.3. The molecule has 20 heavy (non-hydrogen) atoms. The fraction of sp³-hybridized carbons (Fsp3) is 0.857. The molecule has 114 valence electrons. The molecule has 0 aromatic rings. The average molecular weight is 282 g/mol. The number of amides is 2. The van der Waals surface area contributed by atoms with E-state index >= 15 is 0 Å². The molecule has 2 heterocycles. The number of hydrogen-bond donors (Lipinski definition) is 2. The minimum atomic E-state index is -0.443. The highest BCUT2D eigenvalue weighted by molar-refractivity contribution is 6.35. The monoisotopic (exact) mass is 282 g/mol. The third-order valence-electron chi connectivity index (χ3n) is 4.01. The first-order valence-corrected chi connectivity index (χ1v) is 7.77. The lowest BCUT2D eigenvalue weighted by molar-refractivity contribution is -0.145. The Kier molecular flexibility index (Phi) is 6.26. The van der Waals surface area contributed by atoms with Crippen LogP contribution in [0.2, 0.25) is 0 Å². The summed E-state index contributed by atoms with van der Waals surface area (Å²) in [6.07, 6.45) is 4.35. The number of nitrogens with zero attached hydrogens (tertiary/aromatic N) is 2. The third kappa shape index (κ3) is 4.76. The van der Waals surface area contributed by atoms with Crippen LogP contribution < -0.4 is 10.6 Å². The van der Waals surface area contributed by atoms with Crippen molar-refractivity contribution in [2.24, 2.45) is 0 Å². The lowest BCUT2D eigenvalue weighted by atomic mass is 10.2. The molecule has 2 N–H and O–H groups in total.